The molecule has 2 aromatic rings. The van der Waals surface area contributed by atoms with E-state index in [0.717, 1.165) is 36.3 Å². The molecule has 104 valence electrons. The van der Waals surface area contributed by atoms with Gasteiger partial charge < -0.3 is 15.2 Å². The Labute approximate surface area is 122 Å². The van der Waals surface area contributed by atoms with E-state index < -0.39 is 0 Å². The number of H-pyrrole nitrogens is 1. The van der Waals surface area contributed by atoms with E-state index in [1.165, 1.54) is 16.6 Å². The number of carbonyl (C=O) groups excluding carboxylic acids is 1. The van der Waals surface area contributed by atoms with Gasteiger partial charge in [0.15, 0.2) is 0 Å². The minimum Gasteiger partial charge on any atom is -0.358 e. The third-order valence-electron chi connectivity index (χ3n) is 4.13. The van der Waals surface area contributed by atoms with Gasteiger partial charge in [0.1, 0.15) is 0 Å². The summed E-state index contributed by atoms with van der Waals surface area (Å²) < 4.78 is 0. The van der Waals surface area contributed by atoms with Crippen LogP contribution in [0.5, 0.6) is 0 Å². The number of fused-ring (bicyclic) bond motifs is 3. The normalized spacial score (nSPS) is 18.1. The monoisotopic (exact) mass is 289 g/mol. The van der Waals surface area contributed by atoms with Crippen molar-refractivity contribution in [3.8, 4) is 0 Å². The molecule has 2 aliphatic rings. The number of halogens is 1. The van der Waals surface area contributed by atoms with E-state index in [1.54, 1.807) is 0 Å². The minimum absolute atomic E-state index is 0.0708. The fourth-order valence-corrected chi connectivity index (χ4v) is 3.03. The zero-order valence-electron chi connectivity index (χ0n) is 11.1. The molecule has 1 saturated carbocycles. The van der Waals surface area contributed by atoms with E-state index >= 15 is 0 Å². The van der Waals surface area contributed by atoms with Crippen LogP contribution in [0.1, 0.15) is 24.1 Å². The third-order valence-corrected chi connectivity index (χ3v) is 4.36. The van der Waals surface area contributed by atoms with Crippen LogP contribution >= 0.6 is 11.6 Å². The number of urea groups is 1. The second-order valence-electron chi connectivity index (χ2n) is 5.67. The lowest BCUT2D eigenvalue weighted by Gasteiger charge is -2.27. The summed E-state index contributed by atoms with van der Waals surface area (Å²) in [7, 11) is 0. The van der Waals surface area contributed by atoms with Crippen molar-refractivity contribution >= 4 is 28.5 Å². The van der Waals surface area contributed by atoms with Crippen LogP contribution in [0.15, 0.2) is 18.2 Å². The molecule has 0 saturated heterocycles. The molecular weight excluding hydrogens is 274 g/mol. The molecule has 4 rings (SSSR count). The summed E-state index contributed by atoms with van der Waals surface area (Å²) in [6, 6.07) is 6.37. The number of carbonyl (C=O) groups is 1. The SMILES string of the molecule is O=C(NC1CC1)N1CCc2[nH]c3cc(Cl)ccc3c2C1. The van der Waals surface area contributed by atoms with Crippen LogP contribution in [0.2, 0.25) is 5.02 Å². The molecule has 0 unspecified atom stereocenters. The van der Waals surface area contributed by atoms with Crippen LogP contribution in [-0.4, -0.2) is 28.5 Å². The molecule has 20 heavy (non-hydrogen) atoms. The number of benzene rings is 1. The molecule has 1 aromatic carbocycles. The number of rotatable bonds is 1. The highest BCUT2D eigenvalue weighted by Crippen LogP contribution is 2.29. The molecule has 1 aliphatic heterocycles. The quantitative estimate of drug-likeness (QED) is 0.833. The van der Waals surface area contributed by atoms with Gasteiger partial charge in [0.25, 0.3) is 0 Å². The first-order valence-corrected chi connectivity index (χ1v) is 7.43. The fourth-order valence-electron chi connectivity index (χ4n) is 2.86. The smallest absolute Gasteiger partial charge is 0.317 e. The van der Waals surface area contributed by atoms with Gasteiger partial charge in [-0.05, 0) is 25.0 Å². The predicted octanol–water partition coefficient (Wildman–Crippen LogP) is 3.05. The Morgan fingerprint density at radius 3 is 3.05 bits per heavy atom. The molecule has 0 radical (unpaired) electrons. The lowest BCUT2D eigenvalue weighted by molar-refractivity contribution is 0.192. The summed E-state index contributed by atoms with van der Waals surface area (Å²) in [5.41, 5.74) is 3.53. The van der Waals surface area contributed by atoms with Gasteiger partial charge in [-0.25, -0.2) is 4.79 Å². The summed E-state index contributed by atoms with van der Waals surface area (Å²) in [5.74, 6) is 0. The van der Waals surface area contributed by atoms with Gasteiger partial charge in [-0.15, -0.1) is 0 Å². The van der Waals surface area contributed by atoms with E-state index in [0.29, 0.717) is 12.6 Å². The van der Waals surface area contributed by atoms with Gasteiger partial charge in [0, 0.05) is 52.7 Å². The van der Waals surface area contributed by atoms with Gasteiger partial charge in [-0.3, -0.25) is 0 Å². The van der Waals surface area contributed by atoms with Gasteiger partial charge in [0.05, 0.1) is 0 Å². The van der Waals surface area contributed by atoms with Gasteiger partial charge >= 0.3 is 6.03 Å². The molecule has 0 atom stereocenters. The molecule has 5 heteroatoms. The Kier molecular flexibility index (Phi) is 2.67. The second kappa shape index (κ2) is 4.42. The first kappa shape index (κ1) is 12.1. The standard InChI is InChI=1S/C15H16ClN3O/c16-9-1-4-11-12-8-19(15(20)17-10-2-3-10)6-5-13(12)18-14(11)7-9/h1,4,7,10,18H,2-3,5-6,8H2,(H,17,20). The van der Waals surface area contributed by atoms with Crippen molar-refractivity contribution in [2.75, 3.05) is 6.54 Å². The van der Waals surface area contributed by atoms with Crippen molar-refractivity contribution in [1.29, 1.82) is 0 Å². The average Bonchev–Trinajstić information content (AvgIpc) is 3.17. The summed E-state index contributed by atoms with van der Waals surface area (Å²) in [6.07, 6.45) is 3.12. The van der Waals surface area contributed by atoms with Crippen LogP contribution in [0.25, 0.3) is 10.9 Å². The van der Waals surface area contributed by atoms with Crippen LogP contribution in [0.3, 0.4) is 0 Å². The van der Waals surface area contributed by atoms with E-state index in [2.05, 4.69) is 10.3 Å². The summed E-state index contributed by atoms with van der Waals surface area (Å²) >= 11 is 6.03. The molecule has 1 aromatic heterocycles. The topological polar surface area (TPSA) is 48.1 Å². The highest BCUT2D eigenvalue weighted by atomic mass is 35.5. The summed E-state index contributed by atoms with van der Waals surface area (Å²) in [4.78, 5) is 17.5. The van der Waals surface area contributed by atoms with Crippen LogP contribution in [-0.2, 0) is 13.0 Å². The maximum absolute atomic E-state index is 12.2. The number of nitrogens with zero attached hydrogens (tertiary/aromatic N) is 1. The number of nitrogens with one attached hydrogen (secondary N) is 2. The molecule has 4 nitrogen and oxygen atoms in total. The van der Waals surface area contributed by atoms with E-state index in [4.69, 9.17) is 11.6 Å². The Morgan fingerprint density at radius 1 is 1.40 bits per heavy atom. The number of hydrogen-bond donors (Lipinski definition) is 2. The van der Waals surface area contributed by atoms with Crippen LogP contribution < -0.4 is 5.32 Å². The maximum atomic E-state index is 12.2. The summed E-state index contributed by atoms with van der Waals surface area (Å²) in [6.45, 7) is 1.45. The molecule has 2 heterocycles. The minimum atomic E-state index is 0.0708. The largest absolute Gasteiger partial charge is 0.358 e. The lowest BCUT2D eigenvalue weighted by Crippen LogP contribution is -2.43. The van der Waals surface area contributed by atoms with Gasteiger partial charge in [-0.1, -0.05) is 17.7 Å². The van der Waals surface area contributed by atoms with Crippen molar-refractivity contribution in [2.45, 2.75) is 31.8 Å². The lowest BCUT2D eigenvalue weighted by atomic mass is 10.0. The molecule has 2 N–H and O–H groups in total. The highest BCUT2D eigenvalue weighted by molar-refractivity contribution is 6.31. The first-order chi connectivity index (χ1) is 9.70. The van der Waals surface area contributed by atoms with Crippen molar-refractivity contribution < 1.29 is 4.79 Å². The molecule has 1 aliphatic carbocycles. The molecule has 0 bridgehead atoms. The maximum Gasteiger partial charge on any atom is 0.317 e. The zero-order valence-corrected chi connectivity index (χ0v) is 11.8. The Bertz CT molecular complexity index is 690. The van der Waals surface area contributed by atoms with Gasteiger partial charge in [-0.2, -0.15) is 0 Å². The van der Waals surface area contributed by atoms with Crippen LogP contribution in [0.4, 0.5) is 4.79 Å². The first-order valence-electron chi connectivity index (χ1n) is 7.05. The fraction of sp³-hybridized carbons (Fsp3) is 0.400. The molecular formula is C15H16ClN3O. The Balaban J connectivity index is 1.64. The number of aromatic amines is 1. The highest BCUT2D eigenvalue weighted by Gasteiger charge is 2.28. The van der Waals surface area contributed by atoms with Gasteiger partial charge in [0.2, 0.25) is 0 Å². The van der Waals surface area contributed by atoms with Crippen molar-refractivity contribution in [3.63, 3.8) is 0 Å². The van der Waals surface area contributed by atoms with Crippen molar-refractivity contribution in [1.82, 2.24) is 15.2 Å². The number of hydrogen-bond acceptors (Lipinski definition) is 1. The predicted molar refractivity (Wildman–Crippen MR) is 79.0 cm³/mol. The third kappa shape index (κ3) is 2.04. The second-order valence-corrected chi connectivity index (χ2v) is 6.10. The number of amides is 2. The van der Waals surface area contributed by atoms with Crippen molar-refractivity contribution in [2.24, 2.45) is 0 Å². The Morgan fingerprint density at radius 2 is 2.25 bits per heavy atom. The number of aromatic nitrogens is 1. The average molecular weight is 290 g/mol. The Hall–Kier alpha value is -1.68. The molecule has 2 amide bonds. The molecule has 0 spiro atoms. The molecule has 1 fully saturated rings. The van der Waals surface area contributed by atoms with Crippen molar-refractivity contribution in [3.05, 3.63) is 34.5 Å². The van der Waals surface area contributed by atoms with Crippen LogP contribution in [0, 0.1) is 0 Å². The summed E-state index contributed by atoms with van der Waals surface area (Å²) in [5, 5.41) is 4.97. The van der Waals surface area contributed by atoms with E-state index in [9.17, 15) is 4.79 Å². The van der Waals surface area contributed by atoms with E-state index in [1.807, 2.05) is 23.1 Å². The zero-order chi connectivity index (χ0) is 13.7. The van der Waals surface area contributed by atoms with E-state index in [-0.39, 0.29) is 6.03 Å².